The van der Waals surface area contributed by atoms with Crippen molar-refractivity contribution >= 4 is 16.9 Å². The molecule has 0 bridgehead atoms. The number of carbonyl (C=O) groups excluding carboxylic acids is 1. The normalized spacial score (nSPS) is 10.8. The van der Waals surface area contributed by atoms with E-state index in [4.69, 9.17) is 5.73 Å². The maximum atomic E-state index is 11.3. The van der Waals surface area contributed by atoms with Crippen molar-refractivity contribution in [1.29, 1.82) is 0 Å². The maximum absolute atomic E-state index is 11.3. The Bertz CT molecular complexity index is 774. The van der Waals surface area contributed by atoms with Crippen molar-refractivity contribution < 1.29 is 4.79 Å². The van der Waals surface area contributed by atoms with Crippen molar-refractivity contribution in [3.05, 3.63) is 59.9 Å². The molecule has 0 unspecified atom stereocenters. The second-order valence-corrected chi connectivity index (χ2v) is 4.47. The predicted octanol–water partition coefficient (Wildman–Crippen LogP) is 2.43. The largest absolute Gasteiger partial charge is 0.366 e. The zero-order chi connectivity index (χ0) is 13.4. The van der Waals surface area contributed by atoms with Gasteiger partial charge in [-0.1, -0.05) is 18.2 Å². The molecule has 0 aliphatic rings. The summed E-state index contributed by atoms with van der Waals surface area (Å²) in [5.41, 5.74) is 9.75. The quantitative estimate of drug-likeness (QED) is 0.760. The minimum absolute atomic E-state index is 0.425. The third kappa shape index (κ3) is 1.87. The molecule has 2 N–H and O–H groups in total. The number of nitrogens with zero attached hydrogens (tertiary/aromatic N) is 2. The van der Waals surface area contributed by atoms with Crippen molar-refractivity contribution in [1.82, 2.24) is 9.55 Å². The van der Waals surface area contributed by atoms with Crippen molar-refractivity contribution in [3.63, 3.8) is 0 Å². The lowest BCUT2D eigenvalue weighted by molar-refractivity contribution is 0.100. The van der Waals surface area contributed by atoms with Gasteiger partial charge >= 0.3 is 0 Å². The van der Waals surface area contributed by atoms with Gasteiger partial charge in [0.05, 0.1) is 16.7 Å². The predicted molar refractivity (Wildman–Crippen MR) is 74.3 cm³/mol. The molecule has 3 aromatic rings. The van der Waals surface area contributed by atoms with Crippen LogP contribution in [0.2, 0.25) is 0 Å². The number of amides is 1. The summed E-state index contributed by atoms with van der Waals surface area (Å²) in [6.07, 6.45) is 1.76. The SMILES string of the molecule is Cc1ccc(C(N)=O)cc1-n1cnc2ccccc21. The van der Waals surface area contributed by atoms with E-state index in [1.54, 1.807) is 18.5 Å². The lowest BCUT2D eigenvalue weighted by atomic mass is 10.1. The van der Waals surface area contributed by atoms with Gasteiger partial charge in [0, 0.05) is 5.56 Å². The van der Waals surface area contributed by atoms with E-state index in [0.29, 0.717) is 5.56 Å². The Kier molecular flexibility index (Phi) is 2.56. The molecule has 3 rings (SSSR count). The molecule has 1 aromatic heterocycles. The second kappa shape index (κ2) is 4.24. The van der Waals surface area contributed by atoms with E-state index in [1.807, 2.05) is 41.8 Å². The van der Waals surface area contributed by atoms with Crippen LogP contribution in [0.15, 0.2) is 48.8 Å². The Morgan fingerprint density at radius 2 is 2.00 bits per heavy atom. The Hall–Kier alpha value is -2.62. The first-order valence-electron chi connectivity index (χ1n) is 6.00. The lowest BCUT2D eigenvalue weighted by Crippen LogP contribution is -2.11. The minimum Gasteiger partial charge on any atom is -0.366 e. The number of aryl methyl sites for hydroxylation is 1. The zero-order valence-corrected chi connectivity index (χ0v) is 10.5. The Balaban J connectivity index is 2.26. The molecule has 1 amide bonds. The van der Waals surface area contributed by atoms with Gasteiger partial charge in [-0.05, 0) is 36.8 Å². The number of carbonyl (C=O) groups is 1. The van der Waals surface area contributed by atoms with Crippen LogP contribution in [0.5, 0.6) is 0 Å². The van der Waals surface area contributed by atoms with Crippen LogP contribution in [0.25, 0.3) is 16.7 Å². The molecule has 0 atom stereocenters. The minimum atomic E-state index is -0.425. The van der Waals surface area contributed by atoms with Crippen molar-refractivity contribution in [3.8, 4) is 5.69 Å². The summed E-state index contributed by atoms with van der Waals surface area (Å²) in [7, 11) is 0. The van der Waals surface area contributed by atoms with E-state index >= 15 is 0 Å². The molecule has 0 saturated heterocycles. The summed E-state index contributed by atoms with van der Waals surface area (Å²) in [6, 6.07) is 13.3. The second-order valence-electron chi connectivity index (χ2n) is 4.47. The van der Waals surface area contributed by atoms with Crippen molar-refractivity contribution in [2.75, 3.05) is 0 Å². The van der Waals surface area contributed by atoms with Gasteiger partial charge in [0.1, 0.15) is 6.33 Å². The first-order valence-corrected chi connectivity index (χ1v) is 6.00. The highest BCUT2D eigenvalue weighted by Gasteiger charge is 2.09. The van der Waals surface area contributed by atoms with E-state index in [1.165, 1.54) is 0 Å². The number of hydrogen-bond donors (Lipinski definition) is 1. The molecule has 94 valence electrons. The number of fused-ring (bicyclic) bond motifs is 1. The van der Waals surface area contributed by atoms with E-state index in [-0.39, 0.29) is 0 Å². The van der Waals surface area contributed by atoms with Crippen molar-refractivity contribution in [2.24, 2.45) is 5.73 Å². The average Bonchev–Trinajstić information content (AvgIpc) is 2.83. The molecule has 4 nitrogen and oxygen atoms in total. The Morgan fingerprint density at radius 3 is 2.79 bits per heavy atom. The molecule has 19 heavy (non-hydrogen) atoms. The molecule has 0 saturated carbocycles. The van der Waals surface area contributed by atoms with Gasteiger partial charge in [-0.15, -0.1) is 0 Å². The van der Waals surface area contributed by atoms with Crippen LogP contribution in [0.4, 0.5) is 0 Å². The fourth-order valence-electron chi connectivity index (χ4n) is 2.17. The third-order valence-corrected chi connectivity index (χ3v) is 3.21. The van der Waals surface area contributed by atoms with Gasteiger partial charge in [-0.25, -0.2) is 4.98 Å². The smallest absolute Gasteiger partial charge is 0.248 e. The fourth-order valence-corrected chi connectivity index (χ4v) is 2.17. The summed E-state index contributed by atoms with van der Waals surface area (Å²) < 4.78 is 1.97. The molecule has 0 aliphatic heterocycles. The lowest BCUT2D eigenvalue weighted by Gasteiger charge is -2.09. The molecule has 4 heteroatoms. The van der Waals surface area contributed by atoms with Gasteiger partial charge < -0.3 is 5.73 Å². The molecular weight excluding hydrogens is 238 g/mol. The number of aromatic nitrogens is 2. The first-order chi connectivity index (χ1) is 9.16. The summed E-state index contributed by atoms with van der Waals surface area (Å²) in [5.74, 6) is -0.425. The zero-order valence-electron chi connectivity index (χ0n) is 10.5. The highest BCUT2D eigenvalue weighted by atomic mass is 16.1. The van der Waals surface area contributed by atoms with Crippen LogP contribution >= 0.6 is 0 Å². The highest BCUT2D eigenvalue weighted by molar-refractivity contribution is 5.93. The number of rotatable bonds is 2. The highest BCUT2D eigenvalue weighted by Crippen LogP contribution is 2.21. The van der Waals surface area contributed by atoms with Crippen LogP contribution in [-0.4, -0.2) is 15.5 Å². The maximum Gasteiger partial charge on any atom is 0.248 e. The number of hydrogen-bond acceptors (Lipinski definition) is 2. The number of para-hydroxylation sites is 2. The van der Waals surface area contributed by atoms with Crippen LogP contribution in [0.3, 0.4) is 0 Å². The monoisotopic (exact) mass is 251 g/mol. The van der Waals surface area contributed by atoms with Gasteiger partial charge in [-0.2, -0.15) is 0 Å². The summed E-state index contributed by atoms with van der Waals surface area (Å²) in [4.78, 5) is 15.7. The topological polar surface area (TPSA) is 60.9 Å². The van der Waals surface area contributed by atoms with Crippen molar-refractivity contribution in [2.45, 2.75) is 6.92 Å². The first kappa shape index (κ1) is 11.5. The third-order valence-electron chi connectivity index (χ3n) is 3.21. The number of nitrogens with two attached hydrogens (primary N) is 1. The van der Waals surface area contributed by atoms with Gasteiger partial charge in [0.15, 0.2) is 0 Å². The molecule has 0 aliphatic carbocycles. The van der Waals surface area contributed by atoms with E-state index < -0.39 is 5.91 Å². The molecule has 1 heterocycles. The van der Waals surface area contributed by atoms with Crippen LogP contribution < -0.4 is 5.73 Å². The summed E-state index contributed by atoms with van der Waals surface area (Å²) in [5, 5.41) is 0. The van der Waals surface area contributed by atoms with Gasteiger partial charge in [0.25, 0.3) is 0 Å². The van der Waals surface area contributed by atoms with Crippen LogP contribution in [0, 0.1) is 6.92 Å². The van der Waals surface area contributed by atoms with E-state index in [9.17, 15) is 4.79 Å². The Morgan fingerprint density at radius 1 is 1.21 bits per heavy atom. The van der Waals surface area contributed by atoms with E-state index in [0.717, 1.165) is 22.3 Å². The van der Waals surface area contributed by atoms with Crippen LogP contribution in [0.1, 0.15) is 15.9 Å². The molecular formula is C15H13N3O. The van der Waals surface area contributed by atoms with E-state index in [2.05, 4.69) is 4.98 Å². The average molecular weight is 251 g/mol. The number of primary amides is 1. The number of benzene rings is 2. The number of imidazole rings is 1. The van der Waals surface area contributed by atoms with Gasteiger partial charge in [0.2, 0.25) is 5.91 Å². The molecule has 0 fully saturated rings. The summed E-state index contributed by atoms with van der Waals surface area (Å²) >= 11 is 0. The summed E-state index contributed by atoms with van der Waals surface area (Å²) in [6.45, 7) is 1.99. The Labute approximate surface area is 110 Å². The standard InChI is InChI=1S/C15H13N3O/c1-10-6-7-11(15(16)19)8-14(10)18-9-17-12-4-2-3-5-13(12)18/h2-9H,1H3,(H2,16,19). The molecule has 0 radical (unpaired) electrons. The molecule has 2 aromatic carbocycles. The fraction of sp³-hybridized carbons (Fsp3) is 0.0667. The van der Waals surface area contributed by atoms with Crippen LogP contribution in [-0.2, 0) is 0 Å². The molecule has 0 spiro atoms. The van der Waals surface area contributed by atoms with Gasteiger partial charge in [-0.3, -0.25) is 9.36 Å².